The van der Waals surface area contributed by atoms with Crippen molar-refractivity contribution in [3.8, 4) is 0 Å². The topological polar surface area (TPSA) is 26.0 Å². The third-order valence-corrected chi connectivity index (χ3v) is 4.45. The molecule has 0 heterocycles. The van der Waals surface area contributed by atoms with Crippen LogP contribution in [0.2, 0.25) is 0 Å². The Morgan fingerprint density at radius 3 is 2.39 bits per heavy atom. The highest BCUT2D eigenvalue weighted by Gasteiger charge is 2.35. The summed E-state index contributed by atoms with van der Waals surface area (Å²) in [6.07, 6.45) is 6.08. The average Bonchev–Trinajstić information content (AvgIpc) is 2.36. The van der Waals surface area contributed by atoms with Gasteiger partial charge in [-0.25, -0.2) is 0 Å². The molecule has 0 radical (unpaired) electrons. The molecule has 0 spiro atoms. The van der Waals surface area contributed by atoms with Gasteiger partial charge in [0.25, 0.3) is 0 Å². The van der Waals surface area contributed by atoms with Gasteiger partial charge in [0, 0.05) is 6.04 Å². The third kappa shape index (κ3) is 3.58. The van der Waals surface area contributed by atoms with Crippen molar-refractivity contribution in [2.45, 2.75) is 58.9 Å². The zero-order valence-electron chi connectivity index (χ0n) is 12.1. The van der Waals surface area contributed by atoms with Gasteiger partial charge in [0.1, 0.15) is 0 Å². The molecule has 18 heavy (non-hydrogen) atoms. The predicted octanol–water partition coefficient (Wildman–Crippen LogP) is 4.16. The fourth-order valence-electron chi connectivity index (χ4n) is 3.51. The van der Waals surface area contributed by atoms with Crippen molar-refractivity contribution >= 4 is 0 Å². The van der Waals surface area contributed by atoms with E-state index in [1.807, 2.05) is 0 Å². The van der Waals surface area contributed by atoms with Gasteiger partial charge in [0.05, 0.1) is 0 Å². The van der Waals surface area contributed by atoms with Crippen LogP contribution in [0.5, 0.6) is 0 Å². The standard InChI is InChI=1S/C17H27N/c1-16(2)9-10-17(3,13-15(18)12-16)11-14-7-5-4-6-8-14/h4-8,15H,9-13,18H2,1-3H3. The molecule has 1 aliphatic carbocycles. The molecule has 0 aromatic heterocycles. The molecule has 2 rings (SSSR count). The van der Waals surface area contributed by atoms with Crippen molar-refractivity contribution in [1.29, 1.82) is 0 Å². The Kier molecular flexibility index (Phi) is 3.82. The van der Waals surface area contributed by atoms with E-state index < -0.39 is 0 Å². The molecule has 0 amide bonds. The maximum atomic E-state index is 6.34. The van der Waals surface area contributed by atoms with Crippen LogP contribution in [-0.4, -0.2) is 6.04 Å². The first-order valence-corrected chi connectivity index (χ1v) is 7.18. The lowest BCUT2D eigenvalue weighted by Gasteiger charge is -2.30. The first kappa shape index (κ1) is 13.6. The van der Waals surface area contributed by atoms with Crippen LogP contribution in [-0.2, 0) is 6.42 Å². The lowest BCUT2D eigenvalue weighted by molar-refractivity contribution is 0.250. The normalized spacial score (nSPS) is 31.9. The summed E-state index contributed by atoms with van der Waals surface area (Å²) < 4.78 is 0. The van der Waals surface area contributed by atoms with Crippen LogP contribution in [0.15, 0.2) is 30.3 Å². The summed E-state index contributed by atoms with van der Waals surface area (Å²) in [5, 5.41) is 0. The first-order chi connectivity index (χ1) is 8.39. The zero-order valence-corrected chi connectivity index (χ0v) is 12.1. The Morgan fingerprint density at radius 2 is 1.72 bits per heavy atom. The zero-order chi connectivity index (χ0) is 13.2. The SMILES string of the molecule is CC1(C)CCC(C)(Cc2ccccc2)CC(N)C1. The molecule has 1 aliphatic rings. The van der Waals surface area contributed by atoms with E-state index in [1.165, 1.54) is 18.4 Å². The van der Waals surface area contributed by atoms with Crippen molar-refractivity contribution in [2.24, 2.45) is 16.6 Å². The molecule has 2 N–H and O–H groups in total. The Labute approximate surface area is 112 Å². The quantitative estimate of drug-likeness (QED) is 0.778. The number of hydrogen-bond acceptors (Lipinski definition) is 1. The molecular formula is C17H27N. The fourth-order valence-corrected chi connectivity index (χ4v) is 3.51. The Bertz CT molecular complexity index is 382. The van der Waals surface area contributed by atoms with Crippen LogP contribution < -0.4 is 5.73 Å². The van der Waals surface area contributed by atoms with E-state index in [-0.39, 0.29) is 0 Å². The van der Waals surface area contributed by atoms with Crippen LogP contribution in [0.3, 0.4) is 0 Å². The van der Waals surface area contributed by atoms with Gasteiger partial charge in [0.2, 0.25) is 0 Å². The number of hydrogen-bond donors (Lipinski definition) is 1. The van der Waals surface area contributed by atoms with Gasteiger partial charge >= 0.3 is 0 Å². The van der Waals surface area contributed by atoms with Gasteiger partial charge in [-0.1, -0.05) is 51.1 Å². The minimum atomic E-state index is 0.358. The lowest BCUT2D eigenvalue weighted by atomic mass is 9.76. The van der Waals surface area contributed by atoms with E-state index in [2.05, 4.69) is 51.1 Å². The minimum Gasteiger partial charge on any atom is -0.328 e. The van der Waals surface area contributed by atoms with E-state index in [9.17, 15) is 0 Å². The van der Waals surface area contributed by atoms with Gasteiger partial charge in [-0.2, -0.15) is 0 Å². The summed E-state index contributed by atoms with van der Waals surface area (Å²) in [5.41, 5.74) is 8.57. The molecule has 2 atom stereocenters. The second-order valence-corrected chi connectivity index (χ2v) is 7.31. The van der Waals surface area contributed by atoms with Crippen LogP contribution in [0.1, 0.15) is 52.0 Å². The molecule has 0 aliphatic heterocycles. The van der Waals surface area contributed by atoms with Crippen LogP contribution in [0, 0.1) is 10.8 Å². The molecule has 2 unspecified atom stereocenters. The monoisotopic (exact) mass is 245 g/mol. The van der Waals surface area contributed by atoms with Crippen LogP contribution in [0.4, 0.5) is 0 Å². The highest BCUT2D eigenvalue weighted by Crippen LogP contribution is 2.43. The van der Waals surface area contributed by atoms with Crippen LogP contribution >= 0.6 is 0 Å². The molecule has 1 aromatic carbocycles. The Hall–Kier alpha value is -0.820. The van der Waals surface area contributed by atoms with Gasteiger partial charge in [-0.3, -0.25) is 0 Å². The van der Waals surface area contributed by atoms with E-state index in [1.54, 1.807) is 0 Å². The average molecular weight is 245 g/mol. The van der Waals surface area contributed by atoms with Crippen molar-refractivity contribution < 1.29 is 0 Å². The molecule has 1 saturated carbocycles. The molecule has 1 nitrogen and oxygen atoms in total. The summed E-state index contributed by atoms with van der Waals surface area (Å²) in [7, 11) is 0. The number of benzene rings is 1. The van der Waals surface area contributed by atoms with E-state index in [0.717, 1.165) is 19.3 Å². The molecule has 100 valence electrons. The van der Waals surface area contributed by atoms with Crippen LogP contribution in [0.25, 0.3) is 0 Å². The molecule has 1 heteroatoms. The van der Waals surface area contributed by atoms with Gasteiger partial charge in [-0.15, -0.1) is 0 Å². The minimum absolute atomic E-state index is 0.358. The molecule has 0 bridgehead atoms. The lowest BCUT2D eigenvalue weighted by Crippen LogP contribution is -2.30. The maximum Gasteiger partial charge on any atom is 0.00492 e. The largest absolute Gasteiger partial charge is 0.328 e. The van der Waals surface area contributed by atoms with Gasteiger partial charge < -0.3 is 5.73 Å². The maximum absolute atomic E-state index is 6.34. The van der Waals surface area contributed by atoms with Crippen molar-refractivity contribution in [3.63, 3.8) is 0 Å². The predicted molar refractivity (Wildman–Crippen MR) is 78.5 cm³/mol. The highest BCUT2D eigenvalue weighted by molar-refractivity contribution is 5.16. The molecule has 1 fully saturated rings. The summed E-state index contributed by atoms with van der Waals surface area (Å²) in [6, 6.07) is 11.2. The van der Waals surface area contributed by atoms with Gasteiger partial charge in [0.15, 0.2) is 0 Å². The summed E-state index contributed by atoms with van der Waals surface area (Å²) in [5.74, 6) is 0. The summed E-state index contributed by atoms with van der Waals surface area (Å²) in [6.45, 7) is 7.14. The summed E-state index contributed by atoms with van der Waals surface area (Å²) >= 11 is 0. The third-order valence-electron chi connectivity index (χ3n) is 4.45. The van der Waals surface area contributed by atoms with Crippen molar-refractivity contribution in [1.82, 2.24) is 0 Å². The van der Waals surface area contributed by atoms with E-state index >= 15 is 0 Å². The first-order valence-electron chi connectivity index (χ1n) is 7.18. The highest BCUT2D eigenvalue weighted by atomic mass is 14.7. The second-order valence-electron chi connectivity index (χ2n) is 7.31. The van der Waals surface area contributed by atoms with Crippen molar-refractivity contribution in [2.75, 3.05) is 0 Å². The smallest absolute Gasteiger partial charge is 0.00492 e. The molecule has 0 saturated heterocycles. The molecular weight excluding hydrogens is 218 g/mol. The van der Waals surface area contributed by atoms with Crippen molar-refractivity contribution in [3.05, 3.63) is 35.9 Å². The molecule has 1 aromatic rings. The van der Waals surface area contributed by atoms with E-state index in [0.29, 0.717) is 16.9 Å². The Balaban J connectivity index is 2.10. The fraction of sp³-hybridized carbons (Fsp3) is 0.647. The van der Waals surface area contributed by atoms with Gasteiger partial charge in [-0.05, 0) is 48.5 Å². The second kappa shape index (κ2) is 5.05. The number of rotatable bonds is 2. The summed E-state index contributed by atoms with van der Waals surface area (Å²) in [4.78, 5) is 0. The number of nitrogens with two attached hydrogens (primary N) is 1. The van der Waals surface area contributed by atoms with E-state index in [4.69, 9.17) is 5.73 Å². The Morgan fingerprint density at radius 1 is 1.06 bits per heavy atom.